The molecule has 0 aromatic rings. The van der Waals surface area contributed by atoms with E-state index in [9.17, 15) is 19.6 Å². The molecule has 216 valence electrons. The molecule has 0 heterocycles. The topological polar surface area (TPSA) is 78.2 Å². The van der Waals surface area contributed by atoms with E-state index in [1.165, 1.54) is 0 Å². The molecule has 39 heavy (non-hydrogen) atoms. The van der Waals surface area contributed by atoms with Crippen LogP contribution in [0.3, 0.4) is 0 Å². The fraction of sp³-hybridized carbons (Fsp3) is 0.765. The first-order valence-electron chi connectivity index (χ1n) is 14.9. The zero-order valence-electron chi connectivity index (χ0n) is 26.5. The summed E-state index contributed by atoms with van der Waals surface area (Å²) in [6.45, 7) is 19.4. The van der Waals surface area contributed by atoms with E-state index in [0.29, 0.717) is 0 Å². The third-order valence-electron chi connectivity index (χ3n) is 11.7. The molecule has 0 radical (unpaired) electrons. The fourth-order valence-corrected chi connectivity index (χ4v) is 8.72. The Morgan fingerprint density at radius 1 is 1.13 bits per heavy atom. The second kappa shape index (κ2) is 10.3. The van der Waals surface area contributed by atoms with E-state index >= 15 is 0 Å². The molecule has 0 saturated heterocycles. The number of ketones is 2. The van der Waals surface area contributed by atoms with Crippen molar-refractivity contribution in [1.82, 2.24) is 4.90 Å². The van der Waals surface area contributed by atoms with Crippen molar-refractivity contribution in [3.8, 4) is 6.07 Å². The minimum absolute atomic E-state index is 0.00671. The number of amides is 1. The van der Waals surface area contributed by atoms with Crippen LogP contribution in [-0.2, 0) is 14.4 Å². The summed E-state index contributed by atoms with van der Waals surface area (Å²) in [6.07, 6.45) is 10.0. The minimum atomic E-state index is -0.548. The Balaban J connectivity index is 2.07. The van der Waals surface area contributed by atoms with Crippen molar-refractivity contribution in [3.05, 3.63) is 23.3 Å². The molecule has 5 heteroatoms. The second-order valence-electron chi connectivity index (χ2n) is 15.3. The molecule has 0 aromatic carbocycles. The first-order chi connectivity index (χ1) is 17.8. The van der Waals surface area contributed by atoms with Crippen LogP contribution in [0.15, 0.2) is 23.3 Å². The highest BCUT2D eigenvalue weighted by molar-refractivity contribution is 6.02. The van der Waals surface area contributed by atoms with Gasteiger partial charge in [0.05, 0.1) is 11.0 Å². The third-order valence-corrected chi connectivity index (χ3v) is 11.7. The predicted molar refractivity (Wildman–Crippen MR) is 157 cm³/mol. The SMILES string of the molecule is CC(=O)/C=C1/[C@@]2(C)C=C(C#N)C(=O)[C@@H](C)[C@@H]2CC[C@@]1(C)C(C)(C)CC[C@@]1(C(=O)N(C)C)CCC(C)(C)CC1C. The second-order valence-corrected chi connectivity index (χ2v) is 15.3. The number of carbonyl (C=O) groups excluding carboxylic acids is 3. The number of Topliss-reactive ketones (excluding diaryl/α,β-unsaturated/α-hetero) is 1. The lowest BCUT2D eigenvalue weighted by atomic mass is 9.44. The van der Waals surface area contributed by atoms with Crippen molar-refractivity contribution in [2.24, 2.45) is 44.8 Å². The predicted octanol–water partition coefficient (Wildman–Crippen LogP) is 7.32. The van der Waals surface area contributed by atoms with E-state index in [1.807, 2.05) is 27.1 Å². The van der Waals surface area contributed by atoms with Crippen LogP contribution < -0.4 is 0 Å². The van der Waals surface area contributed by atoms with Gasteiger partial charge in [-0.15, -0.1) is 0 Å². The first-order valence-corrected chi connectivity index (χ1v) is 14.9. The Kier molecular flexibility index (Phi) is 8.28. The molecule has 0 bridgehead atoms. The van der Waals surface area contributed by atoms with Gasteiger partial charge in [-0.05, 0) is 86.0 Å². The Bertz CT molecular complexity index is 1140. The lowest BCUT2D eigenvalue weighted by Crippen LogP contribution is -2.53. The van der Waals surface area contributed by atoms with Crippen molar-refractivity contribution >= 4 is 17.5 Å². The van der Waals surface area contributed by atoms with Crippen LogP contribution in [0.1, 0.15) is 107 Å². The maximum Gasteiger partial charge on any atom is 0.228 e. The first kappa shape index (κ1) is 31.3. The van der Waals surface area contributed by atoms with E-state index in [2.05, 4.69) is 54.5 Å². The standard InChI is InChI=1S/C34H52N2O3/c1-22-19-30(4,5)14-16-34(22,29(39)36(10)11)17-15-31(6,7)33(9)13-12-26-24(3)28(38)25(21-35)20-32(26,8)27(33)18-23(2)37/h18,20,22,24,26H,12-17,19H2,1-11H3/b27-18-/t22?,24-,26-,32-,33+,34-/m0/s1. The Labute approximate surface area is 237 Å². The molecule has 1 amide bonds. The van der Waals surface area contributed by atoms with Gasteiger partial charge in [0.1, 0.15) is 6.07 Å². The molecule has 6 atom stereocenters. The molecule has 0 aliphatic heterocycles. The van der Waals surface area contributed by atoms with Crippen molar-refractivity contribution < 1.29 is 14.4 Å². The summed E-state index contributed by atoms with van der Waals surface area (Å²) in [4.78, 5) is 41.2. The monoisotopic (exact) mass is 536 g/mol. The van der Waals surface area contributed by atoms with Gasteiger partial charge in [-0.1, -0.05) is 67.0 Å². The summed E-state index contributed by atoms with van der Waals surface area (Å²) < 4.78 is 0. The Hall–Kier alpha value is -2.22. The number of rotatable bonds is 6. The molecule has 2 fully saturated rings. The van der Waals surface area contributed by atoms with Gasteiger partial charge in [0.2, 0.25) is 5.91 Å². The number of allylic oxidation sites excluding steroid dienone is 4. The minimum Gasteiger partial charge on any atom is -0.348 e. The van der Waals surface area contributed by atoms with Gasteiger partial charge in [-0.3, -0.25) is 14.4 Å². The van der Waals surface area contributed by atoms with Gasteiger partial charge in [-0.2, -0.15) is 5.26 Å². The molecule has 5 nitrogen and oxygen atoms in total. The van der Waals surface area contributed by atoms with Crippen LogP contribution in [0, 0.1) is 56.2 Å². The summed E-state index contributed by atoms with van der Waals surface area (Å²) >= 11 is 0. The highest BCUT2D eigenvalue weighted by Gasteiger charge is 2.59. The summed E-state index contributed by atoms with van der Waals surface area (Å²) in [5.74, 6) is 0.231. The van der Waals surface area contributed by atoms with E-state index in [1.54, 1.807) is 17.9 Å². The highest BCUT2D eigenvalue weighted by Crippen LogP contribution is 2.65. The third kappa shape index (κ3) is 5.18. The Morgan fingerprint density at radius 2 is 1.74 bits per heavy atom. The number of nitriles is 1. The van der Waals surface area contributed by atoms with Gasteiger partial charge in [0.25, 0.3) is 0 Å². The molecule has 0 spiro atoms. The van der Waals surface area contributed by atoms with E-state index in [-0.39, 0.29) is 57.0 Å². The maximum absolute atomic E-state index is 13.8. The summed E-state index contributed by atoms with van der Waals surface area (Å²) in [6, 6.07) is 2.15. The summed E-state index contributed by atoms with van der Waals surface area (Å²) in [5, 5.41) is 9.80. The molecule has 0 N–H and O–H groups in total. The van der Waals surface area contributed by atoms with Crippen molar-refractivity contribution in [2.75, 3.05) is 14.1 Å². The average molecular weight is 537 g/mol. The van der Waals surface area contributed by atoms with Crippen molar-refractivity contribution in [1.29, 1.82) is 5.26 Å². The molecular weight excluding hydrogens is 484 g/mol. The number of fused-ring (bicyclic) bond motifs is 1. The lowest BCUT2D eigenvalue weighted by molar-refractivity contribution is -0.149. The largest absolute Gasteiger partial charge is 0.348 e. The van der Waals surface area contributed by atoms with Crippen LogP contribution in [0.2, 0.25) is 0 Å². The van der Waals surface area contributed by atoms with Gasteiger partial charge in [-0.25, -0.2) is 0 Å². The molecule has 3 aliphatic rings. The quantitative estimate of drug-likeness (QED) is 0.333. The number of carbonyl (C=O) groups is 3. The number of hydrogen-bond donors (Lipinski definition) is 0. The smallest absolute Gasteiger partial charge is 0.228 e. The maximum atomic E-state index is 13.8. The summed E-state index contributed by atoms with van der Waals surface area (Å²) in [5.41, 5.74) is 0.00128. The van der Waals surface area contributed by atoms with Crippen LogP contribution >= 0.6 is 0 Å². The van der Waals surface area contributed by atoms with Crippen LogP contribution in [-0.4, -0.2) is 36.5 Å². The number of nitrogens with zero attached hydrogens (tertiary/aromatic N) is 2. The molecule has 2 saturated carbocycles. The molecule has 0 aromatic heterocycles. The van der Waals surface area contributed by atoms with Gasteiger partial charge < -0.3 is 4.90 Å². The normalized spacial score (nSPS) is 37.5. The van der Waals surface area contributed by atoms with Crippen molar-refractivity contribution in [3.63, 3.8) is 0 Å². The zero-order chi connectivity index (χ0) is 29.8. The lowest BCUT2D eigenvalue weighted by Gasteiger charge is -2.59. The van der Waals surface area contributed by atoms with Crippen LogP contribution in [0.25, 0.3) is 0 Å². The Morgan fingerprint density at radius 3 is 2.26 bits per heavy atom. The zero-order valence-corrected chi connectivity index (χ0v) is 26.5. The van der Waals surface area contributed by atoms with Gasteiger partial charge in [0.15, 0.2) is 11.6 Å². The van der Waals surface area contributed by atoms with Crippen LogP contribution in [0.5, 0.6) is 0 Å². The average Bonchev–Trinajstić information content (AvgIpc) is 2.82. The molecule has 1 unspecified atom stereocenters. The fourth-order valence-electron chi connectivity index (χ4n) is 8.72. The van der Waals surface area contributed by atoms with Crippen molar-refractivity contribution in [2.45, 2.75) is 107 Å². The van der Waals surface area contributed by atoms with Gasteiger partial charge in [0, 0.05) is 25.4 Å². The molecular formula is C34H52N2O3. The highest BCUT2D eigenvalue weighted by atomic mass is 16.2. The van der Waals surface area contributed by atoms with E-state index in [4.69, 9.17) is 0 Å². The van der Waals surface area contributed by atoms with Gasteiger partial charge >= 0.3 is 0 Å². The van der Waals surface area contributed by atoms with E-state index in [0.717, 1.165) is 50.5 Å². The molecule has 3 aliphatic carbocycles. The van der Waals surface area contributed by atoms with E-state index < -0.39 is 10.8 Å². The summed E-state index contributed by atoms with van der Waals surface area (Å²) in [7, 11) is 3.76. The molecule has 3 rings (SSSR count). The van der Waals surface area contributed by atoms with Crippen LogP contribution in [0.4, 0.5) is 0 Å². The number of hydrogen-bond acceptors (Lipinski definition) is 4.